The van der Waals surface area contributed by atoms with Crippen LogP contribution in [0.1, 0.15) is 245 Å². The average molecular weight is 725 g/mol. The summed E-state index contributed by atoms with van der Waals surface area (Å²) >= 11 is 0. The standard InChI is InChI=1S/C46H92O5/c1-4-6-8-10-12-14-16-18-20-22-24-26-28-30-32-34-38-45(51-46(47)39-35-37-40-49-43-42-48-3)44-50-41-36-33-31-29-27-25-23-21-19-17-15-13-11-9-7-5-2/h45H,4-44H2,1-3H3. The number of esters is 1. The number of methoxy groups -OCH3 is 1. The van der Waals surface area contributed by atoms with Gasteiger partial charge in [0, 0.05) is 26.7 Å². The topological polar surface area (TPSA) is 54.0 Å². The van der Waals surface area contributed by atoms with E-state index in [1.807, 2.05) is 0 Å². The summed E-state index contributed by atoms with van der Waals surface area (Å²) in [4.78, 5) is 12.6. The molecule has 0 saturated heterocycles. The van der Waals surface area contributed by atoms with Gasteiger partial charge >= 0.3 is 5.97 Å². The first-order valence-electron chi connectivity index (χ1n) is 23.1. The van der Waals surface area contributed by atoms with Gasteiger partial charge in [-0.15, -0.1) is 0 Å². The Balaban J connectivity index is 3.95. The Bertz CT molecular complexity index is 641. The fourth-order valence-corrected chi connectivity index (χ4v) is 7.03. The van der Waals surface area contributed by atoms with Gasteiger partial charge in [0.2, 0.25) is 0 Å². The third-order valence-corrected chi connectivity index (χ3v) is 10.5. The molecular formula is C46H92O5. The van der Waals surface area contributed by atoms with Crippen molar-refractivity contribution >= 4 is 5.97 Å². The molecule has 1 unspecified atom stereocenters. The highest BCUT2D eigenvalue weighted by molar-refractivity contribution is 5.69. The summed E-state index contributed by atoms with van der Waals surface area (Å²) in [5, 5.41) is 0. The molecule has 0 rings (SSSR count). The first-order chi connectivity index (χ1) is 25.2. The molecule has 0 saturated carbocycles. The number of unbranched alkanes of at least 4 members (excludes halogenated alkanes) is 31. The Labute approximate surface area is 320 Å². The van der Waals surface area contributed by atoms with Gasteiger partial charge < -0.3 is 18.9 Å². The van der Waals surface area contributed by atoms with Crippen LogP contribution in [0, 0.1) is 0 Å². The van der Waals surface area contributed by atoms with E-state index >= 15 is 0 Å². The maximum Gasteiger partial charge on any atom is 0.306 e. The molecule has 0 aliphatic heterocycles. The summed E-state index contributed by atoms with van der Waals surface area (Å²) in [6, 6.07) is 0. The number of carbonyl (C=O) groups excluding carboxylic acids is 1. The molecule has 5 nitrogen and oxygen atoms in total. The van der Waals surface area contributed by atoms with Gasteiger partial charge in [-0.25, -0.2) is 0 Å². The average Bonchev–Trinajstić information content (AvgIpc) is 3.13. The van der Waals surface area contributed by atoms with E-state index in [0.29, 0.717) is 32.8 Å². The van der Waals surface area contributed by atoms with Crippen LogP contribution in [0.2, 0.25) is 0 Å². The quantitative estimate of drug-likeness (QED) is 0.0462. The zero-order valence-electron chi connectivity index (χ0n) is 35.1. The summed E-state index contributed by atoms with van der Waals surface area (Å²) in [5.74, 6) is -0.0839. The van der Waals surface area contributed by atoms with Crippen molar-refractivity contribution < 1.29 is 23.7 Å². The minimum absolute atomic E-state index is 0.0839. The molecule has 0 aromatic rings. The number of carbonyl (C=O) groups is 1. The Hall–Kier alpha value is -0.650. The van der Waals surface area contributed by atoms with Gasteiger partial charge in [-0.3, -0.25) is 4.79 Å². The molecule has 0 amide bonds. The van der Waals surface area contributed by atoms with E-state index in [0.717, 1.165) is 38.7 Å². The third-order valence-electron chi connectivity index (χ3n) is 10.5. The van der Waals surface area contributed by atoms with Crippen molar-refractivity contribution in [3.63, 3.8) is 0 Å². The van der Waals surface area contributed by atoms with Crippen molar-refractivity contribution in [3.8, 4) is 0 Å². The van der Waals surface area contributed by atoms with Crippen LogP contribution in [-0.2, 0) is 23.7 Å². The van der Waals surface area contributed by atoms with Crippen LogP contribution in [-0.4, -0.2) is 52.2 Å². The van der Waals surface area contributed by atoms with E-state index in [4.69, 9.17) is 18.9 Å². The maximum absolute atomic E-state index is 12.6. The molecule has 0 aromatic carbocycles. The van der Waals surface area contributed by atoms with Crippen LogP contribution in [0.4, 0.5) is 0 Å². The lowest BCUT2D eigenvalue weighted by molar-refractivity contribution is -0.152. The van der Waals surface area contributed by atoms with Gasteiger partial charge in [-0.05, 0) is 32.1 Å². The third kappa shape index (κ3) is 43.6. The summed E-state index contributed by atoms with van der Waals surface area (Å²) < 4.78 is 22.5. The van der Waals surface area contributed by atoms with Crippen molar-refractivity contribution in [1.29, 1.82) is 0 Å². The minimum atomic E-state index is -0.108. The van der Waals surface area contributed by atoms with Crippen molar-refractivity contribution in [2.75, 3.05) is 40.1 Å². The predicted octanol–water partition coefficient (Wildman–Crippen LogP) is 14.7. The summed E-state index contributed by atoms with van der Waals surface area (Å²) in [6.45, 7) is 7.81. The largest absolute Gasteiger partial charge is 0.460 e. The minimum Gasteiger partial charge on any atom is -0.460 e. The highest BCUT2D eigenvalue weighted by Crippen LogP contribution is 2.17. The molecule has 0 N–H and O–H groups in total. The van der Waals surface area contributed by atoms with Crippen LogP contribution >= 0.6 is 0 Å². The van der Waals surface area contributed by atoms with Crippen LogP contribution < -0.4 is 0 Å². The molecule has 0 spiro atoms. The van der Waals surface area contributed by atoms with Crippen LogP contribution in [0.25, 0.3) is 0 Å². The van der Waals surface area contributed by atoms with E-state index < -0.39 is 0 Å². The van der Waals surface area contributed by atoms with Crippen LogP contribution in [0.15, 0.2) is 0 Å². The van der Waals surface area contributed by atoms with Gasteiger partial charge in [-0.1, -0.05) is 206 Å². The normalized spacial score (nSPS) is 12.1. The molecule has 1 atom stereocenters. The summed E-state index contributed by atoms with van der Waals surface area (Å²) in [7, 11) is 1.68. The first-order valence-corrected chi connectivity index (χ1v) is 23.1. The Morgan fingerprint density at radius 3 is 1.16 bits per heavy atom. The molecule has 306 valence electrons. The molecule has 0 aromatic heterocycles. The van der Waals surface area contributed by atoms with Gasteiger partial charge in [-0.2, -0.15) is 0 Å². The zero-order valence-corrected chi connectivity index (χ0v) is 35.1. The van der Waals surface area contributed by atoms with E-state index in [1.165, 1.54) is 193 Å². The highest BCUT2D eigenvalue weighted by atomic mass is 16.6. The molecular weight excluding hydrogens is 633 g/mol. The summed E-state index contributed by atoms with van der Waals surface area (Å²) in [5.41, 5.74) is 0. The SMILES string of the molecule is CCCCCCCCCCCCCCCCCCOCC(CCCCCCCCCCCCCCCCCC)OC(=O)CCCCOCCOC. The number of rotatable bonds is 45. The molecule has 0 aliphatic rings. The lowest BCUT2D eigenvalue weighted by atomic mass is 10.0. The Morgan fingerprint density at radius 1 is 0.392 bits per heavy atom. The monoisotopic (exact) mass is 725 g/mol. The predicted molar refractivity (Wildman–Crippen MR) is 221 cm³/mol. The van der Waals surface area contributed by atoms with Gasteiger partial charge in [0.1, 0.15) is 6.10 Å². The second kappa shape index (κ2) is 45.5. The molecule has 51 heavy (non-hydrogen) atoms. The molecule has 5 heteroatoms. The number of hydrogen-bond acceptors (Lipinski definition) is 5. The maximum atomic E-state index is 12.6. The van der Waals surface area contributed by atoms with Crippen molar-refractivity contribution in [3.05, 3.63) is 0 Å². The smallest absolute Gasteiger partial charge is 0.306 e. The lowest BCUT2D eigenvalue weighted by Gasteiger charge is -2.18. The fourth-order valence-electron chi connectivity index (χ4n) is 7.03. The second-order valence-electron chi connectivity index (χ2n) is 15.6. The molecule has 0 heterocycles. The number of hydrogen-bond donors (Lipinski definition) is 0. The zero-order chi connectivity index (χ0) is 37.0. The van der Waals surface area contributed by atoms with Crippen LogP contribution in [0.3, 0.4) is 0 Å². The fraction of sp³-hybridized carbons (Fsp3) is 0.978. The van der Waals surface area contributed by atoms with Crippen LogP contribution in [0.5, 0.6) is 0 Å². The van der Waals surface area contributed by atoms with E-state index in [1.54, 1.807) is 7.11 Å². The van der Waals surface area contributed by atoms with Crippen molar-refractivity contribution in [1.82, 2.24) is 0 Å². The Kier molecular flexibility index (Phi) is 44.9. The van der Waals surface area contributed by atoms with Gasteiger partial charge in [0.25, 0.3) is 0 Å². The van der Waals surface area contributed by atoms with Crippen molar-refractivity contribution in [2.45, 2.75) is 251 Å². The molecule has 0 aliphatic carbocycles. The van der Waals surface area contributed by atoms with Gasteiger partial charge in [0.05, 0.1) is 19.8 Å². The van der Waals surface area contributed by atoms with Crippen molar-refractivity contribution in [2.24, 2.45) is 0 Å². The molecule has 0 radical (unpaired) electrons. The van der Waals surface area contributed by atoms with Gasteiger partial charge in [0.15, 0.2) is 0 Å². The molecule has 0 fully saturated rings. The second-order valence-corrected chi connectivity index (χ2v) is 15.6. The van der Waals surface area contributed by atoms with E-state index in [2.05, 4.69) is 13.8 Å². The van der Waals surface area contributed by atoms with E-state index in [9.17, 15) is 4.79 Å². The highest BCUT2D eigenvalue weighted by Gasteiger charge is 2.15. The van der Waals surface area contributed by atoms with E-state index in [-0.39, 0.29) is 12.1 Å². The summed E-state index contributed by atoms with van der Waals surface area (Å²) in [6.07, 6.45) is 46.9. The number of ether oxygens (including phenoxy) is 4. The Morgan fingerprint density at radius 2 is 0.745 bits per heavy atom. The molecule has 0 bridgehead atoms. The lowest BCUT2D eigenvalue weighted by Crippen LogP contribution is -2.24. The first kappa shape index (κ1) is 50.4.